The fourth-order valence-corrected chi connectivity index (χ4v) is 8.54. The molecule has 0 amide bonds. The van der Waals surface area contributed by atoms with Gasteiger partial charge >= 0.3 is 0 Å². The molecule has 2 nitrogen and oxygen atoms in total. The summed E-state index contributed by atoms with van der Waals surface area (Å²) in [7, 11) is 0. The third-order valence-electron chi connectivity index (χ3n) is 10.2. The van der Waals surface area contributed by atoms with Crippen molar-refractivity contribution in [1.29, 1.82) is 0 Å². The van der Waals surface area contributed by atoms with Crippen molar-refractivity contribution in [2.45, 2.75) is 98.3 Å². The van der Waals surface area contributed by atoms with Crippen molar-refractivity contribution in [3.63, 3.8) is 0 Å². The molecule has 0 radical (unpaired) electrons. The maximum absolute atomic E-state index is 13.3. The molecule has 0 spiro atoms. The van der Waals surface area contributed by atoms with Crippen LogP contribution in [0.15, 0.2) is 11.6 Å². The zero-order valence-corrected chi connectivity index (χ0v) is 19.4. The Kier molecular flexibility index (Phi) is 6.06. The van der Waals surface area contributed by atoms with E-state index in [0.717, 1.165) is 37.5 Å². The molecule has 4 aliphatic carbocycles. The normalized spacial score (nSPS) is 43.8. The van der Waals surface area contributed by atoms with Gasteiger partial charge in [-0.2, -0.15) is 0 Å². The molecule has 4 aliphatic rings. The van der Waals surface area contributed by atoms with Gasteiger partial charge in [0.25, 0.3) is 0 Å². The third kappa shape index (κ3) is 3.56. The van der Waals surface area contributed by atoms with Gasteiger partial charge in [-0.15, -0.1) is 0 Å². The second-order valence-corrected chi connectivity index (χ2v) is 11.9. The van der Waals surface area contributed by atoms with E-state index in [-0.39, 0.29) is 17.9 Å². The second-order valence-electron chi connectivity index (χ2n) is 11.9. The number of fused-ring (bicyclic) bond motifs is 5. The number of hydrogen-bond acceptors (Lipinski definition) is 2. The van der Waals surface area contributed by atoms with Crippen LogP contribution in [0.3, 0.4) is 0 Å². The number of hydrogen-bond donors (Lipinski definition) is 1. The van der Waals surface area contributed by atoms with Crippen molar-refractivity contribution in [2.75, 3.05) is 6.61 Å². The van der Waals surface area contributed by atoms with Gasteiger partial charge in [-0.3, -0.25) is 4.79 Å². The molecule has 3 saturated carbocycles. The van der Waals surface area contributed by atoms with E-state index >= 15 is 0 Å². The van der Waals surface area contributed by atoms with E-state index in [1.165, 1.54) is 44.9 Å². The average Bonchev–Trinajstić information content (AvgIpc) is 2.97. The molecule has 0 bridgehead atoms. The lowest BCUT2D eigenvalue weighted by Gasteiger charge is -2.57. The average molecular weight is 401 g/mol. The summed E-state index contributed by atoms with van der Waals surface area (Å²) in [5.74, 6) is 3.87. The lowest BCUT2D eigenvalue weighted by Crippen LogP contribution is -2.50. The van der Waals surface area contributed by atoms with E-state index in [2.05, 4.69) is 33.8 Å². The second kappa shape index (κ2) is 8.13. The van der Waals surface area contributed by atoms with Gasteiger partial charge in [-0.25, -0.2) is 0 Å². The highest BCUT2D eigenvalue weighted by Gasteiger charge is 2.61. The fraction of sp³-hybridized carbons (Fsp3) is 0.889. The molecule has 0 aromatic heterocycles. The van der Waals surface area contributed by atoms with Crippen molar-refractivity contribution in [1.82, 2.24) is 0 Å². The number of aliphatic hydroxyl groups is 1. The van der Waals surface area contributed by atoms with E-state index in [0.29, 0.717) is 29.0 Å². The molecule has 3 fully saturated rings. The van der Waals surface area contributed by atoms with Crippen molar-refractivity contribution in [3.05, 3.63) is 11.6 Å². The van der Waals surface area contributed by atoms with Crippen LogP contribution in [0.1, 0.15) is 98.3 Å². The molecule has 0 aromatic rings. The highest BCUT2D eigenvalue weighted by molar-refractivity contribution is 5.85. The number of allylic oxidation sites excluding steroid dienone is 2. The van der Waals surface area contributed by atoms with Gasteiger partial charge in [0.2, 0.25) is 0 Å². The molecule has 0 aliphatic heterocycles. The minimum absolute atomic E-state index is 0.219. The van der Waals surface area contributed by atoms with Crippen molar-refractivity contribution in [2.24, 2.45) is 46.3 Å². The minimum atomic E-state index is 0.219. The first-order valence-electron chi connectivity index (χ1n) is 12.6. The number of ketones is 1. The highest BCUT2D eigenvalue weighted by atomic mass is 16.3. The van der Waals surface area contributed by atoms with Crippen LogP contribution in [0, 0.1) is 46.3 Å². The van der Waals surface area contributed by atoms with E-state index in [4.69, 9.17) is 0 Å². The molecule has 0 heterocycles. The van der Waals surface area contributed by atoms with Crippen molar-refractivity contribution >= 4 is 5.78 Å². The molecule has 164 valence electrons. The molecular weight excluding hydrogens is 356 g/mol. The summed E-state index contributed by atoms with van der Waals surface area (Å²) in [6.45, 7) is 9.80. The smallest absolute Gasteiger partial charge is 0.137 e. The summed E-state index contributed by atoms with van der Waals surface area (Å²) in [5.41, 5.74) is 2.41. The van der Waals surface area contributed by atoms with Gasteiger partial charge in [0.15, 0.2) is 0 Å². The number of carbonyl (C=O) groups excluding carboxylic acids is 1. The molecule has 8 atom stereocenters. The maximum Gasteiger partial charge on any atom is 0.137 e. The van der Waals surface area contributed by atoms with Crippen LogP contribution >= 0.6 is 0 Å². The first kappa shape index (κ1) is 21.6. The Morgan fingerprint density at radius 2 is 1.93 bits per heavy atom. The zero-order valence-electron chi connectivity index (χ0n) is 19.4. The zero-order chi connectivity index (χ0) is 20.8. The van der Waals surface area contributed by atoms with Crippen LogP contribution in [-0.4, -0.2) is 17.5 Å². The predicted octanol–water partition coefficient (Wildman–Crippen LogP) is 6.57. The van der Waals surface area contributed by atoms with Crippen LogP contribution in [0.4, 0.5) is 0 Å². The summed E-state index contributed by atoms with van der Waals surface area (Å²) < 4.78 is 0. The Bertz CT molecular complexity index is 651. The van der Waals surface area contributed by atoms with Gasteiger partial charge in [0.1, 0.15) is 5.78 Å². The Balaban J connectivity index is 1.51. The van der Waals surface area contributed by atoms with Crippen LogP contribution < -0.4 is 0 Å². The Hall–Kier alpha value is -0.630. The summed E-state index contributed by atoms with van der Waals surface area (Å²) in [6.07, 6.45) is 16.1. The molecule has 1 unspecified atom stereocenters. The van der Waals surface area contributed by atoms with Gasteiger partial charge in [-0.05, 0) is 91.8 Å². The highest BCUT2D eigenvalue weighted by Crippen LogP contribution is 2.66. The standard InChI is InChI=1S/C27H44O2/c1-18(17-28)8-7-9-19(2)25-24(29)16-23-21-12-11-20-10-5-6-14-26(20,3)22(21)13-15-27(23,25)4/h11,18-19,21-23,25,28H,5-10,12-17H2,1-4H3/t18?,19-,21-,22+,23+,25+,26+,27+/m1/s1. The minimum Gasteiger partial charge on any atom is -0.396 e. The summed E-state index contributed by atoms with van der Waals surface area (Å²) in [6, 6.07) is 0. The Morgan fingerprint density at radius 1 is 1.14 bits per heavy atom. The van der Waals surface area contributed by atoms with Crippen LogP contribution in [-0.2, 0) is 4.79 Å². The SMILES string of the molecule is CC(CO)CCC[C@@H](C)[C@H]1C(=O)C[C@H]2[C@@H]3CC=C4CCCC[C@]4(C)[C@H]3CC[C@]12C. The predicted molar refractivity (Wildman–Crippen MR) is 119 cm³/mol. The third-order valence-corrected chi connectivity index (χ3v) is 10.2. The van der Waals surface area contributed by atoms with Gasteiger partial charge in [0.05, 0.1) is 0 Å². The van der Waals surface area contributed by atoms with Crippen LogP contribution in [0.5, 0.6) is 0 Å². The van der Waals surface area contributed by atoms with Crippen LogP contribution in [0.2, 0.25) is 0 Å². The summed E-state index contributed by atoms with van der Waals surface area (Å²) in [5, 5.41) is 9.30. The van der Waals surface area contributed by atoms with Crippen molar-refractivity contribution < 1.29 is 9.90 Å². The fourth-order valence-electron chi connectivity index (χ4n) is 8.54. The van der Waals surface area contributed by atoms with Gasteiger partial charge in [-0.1, -0.05) is 52.2 Å². The molecule has 2 heteroatoms. The monoisotopic (exact) mass is 400 g/mol. The number of rotatable bonds is 6. The largest absolute Gasteiger partial charge is 0.396 e. The molecule has 0 saturated heterocycles. The van der Waals surface area contributed by atoms with E-state index < -0.39 is 0 Å². The molecule has 29 heavy (non-hydrogen) atoms. The number of Topliss-reactive ketones (excluding diaryl/α,β-unsaturated/α-hetero) is 1. The molecule has 4 rings (SSSR count). The molecule has 1 N–H and O–H groups in total. The molecule has 0 aromatic carbocycles. The number of aliphatic hydroxyl groups excluding tert-OH is 1. The summed E-state index contributed by atoms with van der Waals surface area (Å²) in [4.78, 5) is 13.3. The number of carbonyl (C=O) groups is 1. The lowest BCUT2D eigenvalue weighted by atomic mass is 9.47. The maximum atomic E-state index is 13.3. The first-order chi connectivity index (χ1) is 13.8. The Morgan fingerprint density at radius 3 is 2.69 bits per heavy atom. The first-order valence-corrected chi connectivity index (χ1v) is 12.6. The van der Waals surface area contributed by atoms with Gasteiger partial charge in [0, 0.05) is 18.9 Å². The molecular formula is C27H44O2. The van der Waals surface area contributed by atoms with E-state index in [1.54, 1.807) is 5.57 Å². The topological polar surface area (TPSA) is 37.3 Å². The van der Waals surface area contributed by atoms with Crippen LogP contribution in [0.25, 0.3) is 0 Å². The quantitative estimate of drug-likeness (QED) is 0.512. The van der Waals surface area contributed by atoms with E-state index in [1.807, 2.05) is 0 Å². The van der Waals surface area contributed by atoms with Gasteiger partial charge < -0.3 is 5.11 Å². The van der Waals surface area contributed by atoms with E-state index in [9.17, 15) is 9.90 Å². The summed E-state index contributed by atoms with van der Waals surface area (Å²) >= 11 is 0. The van der Waals surface area contributed by atoms with Crippen molar-refractivity contribution in [3.8, 4) is 0 Å². The Labute approximate surface area is 178 Å². The lowest BCUT2D eigenvalue weighted by molar-refractivity contribution is -0.124.